The molecule has 0 amide bonds. The van der Waals surface area contributed by atoms with Crippen molar-refractivity contribution in [1.29, 1.82) is 0 Å². The van der Waals surface area contributed by atoms with Gasteiger partial charge in [0.2, 0.25) is 5.88 Å². The Morgan fingerprint density at radius 2 is 2.00 bits per heavy atom. The Balaban J connectivity index is 2.57. The van der Waals surface area contributed by atoms with Crippen LogP contribution in [0.5, 0.6) is 5.88 Å². The molecule has 16 heavy (non-hydrogen) atoms. The SMILES string of the molecule is Cc1cnc(-c2nc(O)c(I)c(=O)[nH]2)nc1. The van der Waals surface area contributed by atoms with E-state index in [0.717, 1.165) is 5.56 Å². The third-order valence-corrected chi connectivity index (χ3v) is 2.81. The summed E-state index contributed by atoms with van der Waals surface area (Å²) in [5, 5.41) is 9.40. The molecular formula is C9H7IN4O2. The second kappa shape index (κ2) is 4.16. The molecular weight excluding hydrogens is 323 g/mol. The van der Waals surface area contributed by atoms with Crippen molar-refractivity contribution in [2.45, 2.75) is 6.92 Å². The van der Waals surface area contributed by atoms with E-state index >= 15 is 0 Å². The lowest BCUT2D eigenvalue weighted by atomic mass is 10.4. The van der Waals surface area contributed by atoms with Gasteiger partial charge in [0, 0.05) is 12.4 Å². The Morgan fingerprint density at radius 3 is 2.56 bits per heavy atom. The first-order chi connectivity index (χ1) is 7.58. The van der Waals surface area contributed by atoms with Crippen molar-refractivity contribution in [3.63, 3.8) is 0 Å². The highest BCUT2D eigenvalue weighted by Crippen LogP contribution is 2.15. The van der Waals surface area contributed by atoms with Crippen molar-refractivity contribution in [3.05, 3.63) is 31.9 Å². The van der Waals surface area contributed by atoms with Crippen molar-refractivity contribution in [2.24, 2.45) is 0 Å². The number of H-pyrrole nitrogens is 1. The fourth-order valence-corrected chi connectivity index (χ4v) is 1.32. The number of nitrogens with one attached hydrogen (secondary N) is 1. The Bertz CT molecular complexity index is 579. The highest BCUT2D eigenvalue weighted by Gasteiger charge is 2.10. The maximum absolute atomic E-state index is 11.4. The molecule has 2 aromatic heterocycles. The second-order valence-electron chi connectivity index (χ2n) is 3.14. The lowest BCUT2D eigenvalue weighted by Crippen LogP contribution is -2.13. The van der Waals surface area contributed by atoms with Gasteiger partial charge in [-0.3, -0.25) is 4.79 Å². The molecule has 2 N–H and O–H groups in total. The first kappa shape index (κ1) is 11.0. The summed E-state index contributed by atoms with van der Waals surface area (Å²) in [5.41, 5.74) is 0.494. The molecule has 0 spiro atoms. The Morgan fingerprint density at radius 1 is 1.38 bits per heavy atom. The molecule has 0 saturated carbocycles. The number of hydrogen-bond donors (Lipinski definition) is 2. The fraction of sp³-hybridized carbons (Fsp3) is 0.111. The number of aromatic amines is 1. The Kier molecular flexibility index (Phi) is 2.86. The van der Waals surface area contributed by atoms with Crippen LogP contribution in [0.4, 0.5) is 0 Å². The number of rotatable bonds is 1. The molecule has 0 fully saturated rings. The van der Waals surface area contributed by atoms with Crippen LogP contribution in [0.25, 0.3) is 11.6 Å². The van der Waals surface area contributed by atoms with E-state index in [4.69, 9.17) is 0 Å². The van der Waals surface area contributed by atoms with Gasteiger partial charge in [-0.1, -0.05) is 0 Å². The molecule has 2 rings (SSSR count). The van der Waals surface area contributed by atoms with Crippen molar-refractivity contribution in [3.8, 4) is 17.5 Å². The summed E-state index contributed by atoms with van der Waals surface area (Å²) >= 11 is 1.71. The maximum atomic E-state index is 11.4. The molecule has 0 unspecified atom stereocenters. The Hall–Kier alpha value is -1.51. The number of hydrogen-bond acceptors (Lipinski definition) is 5. The van der Waals surface area contributed by atoms with Gasteiger partial charge in [-0.25, -0.2) is 9.97 Å². The zero-order chi connectivity index (χ0) is 11.7. The van der Waals surface area contributed by atoms with Gasteiger partial charge in [-0.2, -0.15) is 4.98 Å². The smallest absolute Gasteiger partial charge is 0.268 e. The lowest BCUT2D eigenvalue weighted by molar-refractivity contribution is 0.447. The molecule has 2 aromatic rings. The molecule has 6 nitrogen and oxygen atoms in total. The monoisotopic (exact) mass is 330 g/mol. The van der Waals surface area contributed by atoms with Crippen LogP contribution >= 0.6 is 22.6 Å². The molecule has 0 aliphatic rings. The largest absolute Gasteiger partial charge is 0.492 e. The van der Waals surface area contributed by atoms with E-state index in [1.807, 2.05) is 6.92 Å². The average molecular weight is 330 g/mol. The summed E-state index contributed by atoms with van der Waals surface area (Å²) in [6.07, 6.45) is 3.22. The topological polar surface area (TPSA) is 91.8 Å². The van der Waals surface area contributed by atoms with Gasteiger partial charge in [0.25, 0.3) is 5.56 Å². The van der Waals surface area contributed by atoms with Crippen LogP contribution in [0.15, 0.2) is 17.2 Å². The predicted octanol–water partition coefficient (Wildman–Crippen LogP) is 0.846. The minimum Gasteiger partial charge on any atom is -0.492 e. The molecule has 0 aromatic carbocycles. The summed E-state index contributed by atoms with van der Waals surface area (Å²) in [5.74, 6) is 0.112. The number of aryl methyl sites for hydroxylation is 1. The molecule has 7 heteroatoms. The first-order valence-electron chi connectivity index (χ1n) is 4.35. The standard InChI is InChI=1S/C9H7IN4O2/c1-4-2-11-6(12-3-4)7-13-8(15)5(10)9(16)14-7/h2-3H,1H3,(H2,13,14,15,16). The second-order valence-corrected chi connectivity index (χ2v) is 4.21. The van der Waals surface area contributed by atoms with Gasteiger partial charge in [0.05, 0.1) is 0 Å². The zero-order valence-corrected chi connectivity index (χ0v) is 10.4. The first-order valence-corrected chi connectivity index (χ1v) is 5.43. The summed E-state index contributed by atoms with van der Waals surface area (Å²) in [4.78, 5) is 25.7. The highest BCUT2D eigenvalue weighted by atomic mass is 127. The van der Waals surface area contributed by atoms with Crippen LogP contribution < -0.4 is 5.56 Å². The van der Waals surface area contributed by atoms with E-state index in [9.17, 15) is 9.90 Å². The normalized spacial score (nSPS) is 10.4. The molecule has 0 radical (unpaired) electrons. The van der Waals surface area contributed by atoms with Crippen LogP contribution in [-0.2, 0) is 0 Å². The van der Waals surface area contributed by atoms with Gasteiger partial charge in [0.15, 0.2) is 11.6 Å². The molecule has 2 heterocycles. The van der Waals surface area contributed by atoms with Gasteiger partial charge < -0.3 is 10.1 Å². The van der Waals surface area contributed by atoms with Gasteiger partial charge in [-0.05, 0) is 35.1 Å². The molecule has 0 saturated heterocycles. The van der Waals surface area contributed by atoms with E-state index < -0.39 is 5.56 Å². The van der Waals surface area contributed by atoms with Gasteiger partial charge in [-0.15, -0.1) is 0 Å². The van der Waals surface area contributed by atoms with Gasteiger partial charge in [0.1, 0.15) is 3.57 Å². The van der Waals surface area contributed by atoms with E-state index in [0.29, 0.717) is 0 Å². The lowest BCUT2D eigenvalue weighted by Gasteiger charge is -2.01. The van der Waals surface area contributed by atoms with Crippen LogP contribution in [0.3, 0.4) is 0 Å². The quantitative estimate of drug-likeness (QED) is 0.756. The molecule has 0 aliphatic heterocycles. The van der Waals surface area contributed by atoms with Gasteiger partial charge >= 0.3 is 0 Å². The molecule has 0 bridgehead atoms. The summed E-state index contributed by atoms with van der Waals surface area (Å²) in [7, 11) is 0. The van der Waals surface area contributed by atoms with Crippen LogP contribution in [0, 0.1) is 10.5 Å². The average Bonchev–Trinajstić information content (AvgIpc) is 2.26. The number of aromatic nitrogens is 4. The van der Waals surface area contributed by atoms with Crippen molar-refractivity contribution >= 4 is 22.6 Å². The summed E-state index contributed by atoms with van der Waals surface area (Å²) < 4.78 is 0.147. The Labute approximate surface area is 104 Å². The van der Waals surface area contributed by atoms with E-state index in [2.05, 4.69) is 19.9 Å². The predicted molar refractivity (Wildman–Crippen MR) is 65.0 cm³/mol. The minimum atomic E-state index is -0.410. The number of halogens is 1. The van der Waals surface area contributed by atoms with Crippen LogP contribution in [0.1, 0.15) is 5.56 Å². The van der Waals surface area contributed by atoms with Crippen molar-refractivity contribution in [1.82, 2.24) is 19.9 Å². The third-order valence-electron chi connectivity index (χ3n) is 1.84. The third kappa shape index (κ3) is 2.03. The fourth-order valence-electron chi connectivity index (χ4n) is 1.07. The summed E-state index contributed by atoms with van der Waals surface area (Å²) in [6.45, 7) is 1.85. The molecule has 0 atom stereocenters. The highest BCUT2D eigenvalue weighted by molar-refractivity contribution is 14.1. The maximum Gasteiger partial charge on any atom is 0.268 e. The van der Waals surface area contributed by atoms with E-state index in [1.54, 1.807) is 35.0 Å². The summed E-state index contributed by atoms with van der Waals surface area (Å²) in [6, 6.07) is 0. The van der Waals surface area contributed by atoms with Crippen LogP contribution in [-0.4, -0.2) is 25.0 Å². The number of nitrogens with zero attached hydrogens (tertiary/aromatic N) is 3. The number of aromatic hydroxyl groups is 1. The van der Waals surface area contributed by atoms with Crippen LogP contribution in [0.2, 0.25) is 0 Å². The van der Waals surface area contributed by atoms with Crippen molar-refractivity contribution < 1.29 is 5.11 Å². The molecule has 0 aliphatic carbocycles. The zero-order valence-electron chi connectivity index (χ0n) is 8.23. The molecule has 82 valence electrons. The minimum absolute atomic E-state index is 0.147. The van der Waals surface area contributed by atoms with E-state index in [-0.39, 0.29) is 21.1 Å². The van der Waals surface area contributed by atoms with Crippen molar-refractivity contribution in [2.75, 3.05) is 0 Å². The van der Waals surface area contributed by atoms with E-state index in [1.165, 1.54) is 0 Å².